The van der Waals surface area contributed by atoms with Crippen LogP contribution in [0.25, 0.3) is 16.4 Å². The van der Waals surface area contributed by atoms with E-state index >= 15 is 0 Å². The maximum absolute atomic E-state index is 12.8. The van der Waals surface area contributed by atoms with E-state index in [-0.39, 0.29) is 11.2 Å². The molecule has 0 radical (unpaired) electrons. The summed E-state index contributed by atoms with van der Waals surface area (Å²) >= 11 is 1.34. The third-order valence-electron chi connectivity index (χ3n) is 4.35. The first-order chi connectivity index (χ1) is 14.6. The molecule has 2 aromatic carbocycles. The summed E-state index contributed by atoms with van der Waals surface area (Å²) in [6, 6.07) is 16.3. The van der Waals surface area contributed by atoms with Crippen LogP contribution < -0.4 is 10.3 Å². The van der Waals surface area contributed by atoms with E-state index in [1.54, 1.807) is 38.3 Å². The number of benzene rings is 2. The maximum atomic E-state index is 12.8. The zero-order chi connectivity index (χ0) is 21.1. The van der Waals surface area contributed by atoms with E-state index in [1.807, 2.05) is 35.7 Å². The molecule has 1 N–H and O–H groups in total. The first kappa shape index (κ1) is 19.3. The number of thiazole rings is 1. The Kier molecular flexibility index (Phi) is 5.24. The normalized spacial score (nSPS) is 11.0. The smallest absolute Gasteiger partial charge is 0.301 e. The maximum Gasteiger partial charge on any atom is 0.301 e. The van der Waals surface area contributed by atoms with E-state index in [1.165, 1.54) is 16.0 Å². The van der Waals surface area contributed by atoms with E-state index in [4.69, 9.17) is 10.00 Å². The second kappa shape index (κ2) is 8.14. The molecule has 0 bridgehead atoms. The van der Waals surface area contributed by atoms with Crippen molar-refractivity contribution in [1.82, 2.24) is 14.8 Å². The molecule has 0 spiro atoms. The second-order valence-corrected chi connectivity index (χ2v) is 7.17. The van der Waals surface area contributed by atoms with Crippen molar-refractivity contribution in [2.75, 3.05) is 7.11 Å². The predicted molar refractivity (Wildman–Crippen MR) is 114 cm³/mol. The van der Waals surface area contributed by atoms with E-state index < -0.39 is 0 Å². The van der Waals surface area contributed by atoms with E-state index in [9.17, 15) is 4.79 Å². The number of nitrogens with one attached hydrogen (secondary N) is 1. The van der Waals surface area contributed by atoms with Gasteiger partial charge in [0.25, 0.3) is 0 Å². The molecule has 8 nitrogen and oxygen atoms in total. The van der Waals surface area contributed by atoms with Gasteiger partial charge in [-0.3, -0.25) is 9.89 Å². The quantitative estimate of drug-likeness (QED) is 0.467. The Morgan fingerprint density at radius 3 is 2.73 bits per heavy atom. The van der Waals surface area contributed by atoms with E-state index in [2.05, 4.69) is 20.3 Å². The molecule has 0 aliphatic rings. The Labute approximate surface area is 175 Å². The number of nitrogens with zero attached hydrogens (tertiary/aromatic N) is 5. The molecule has 0 unspecified atom stereocenters. The topological polar surface area (TPSA) is 108 Å². The van der Waals surface area contributed by atoms with Crippen LogP contribution in [-0.4, -0.2) is 21.9 Å². The van der Waals surface area contributed by atoms with Crippen LogP contribution in [0.3, 0.4) is 0 Å². The van der Waals surface area contributed by atoms with Crippen LogP contribution in [0.2, 0.25) is 0 Å². The Hall–Kier alpha value is -4.03. The summed E-state index contributed by atoms with van der Waals surface area (Å²) in [5, 5.41) is 22.6. The molecule has 0 saturated carbocycles. The average molecular weight is 416 g/mol. The van der Waals surface area contributed by atoms with Gasteiger partial charge in [-0.2, -0.15) is 15.1 Å². The first-order valence-corrected chi connectivity index (χ1v) is 9.81. The van der Waals surface area contributed by atoms with Crippen LogP contribution in [0.4, 0.5) is 11.4 Å². The summed E-state index contributed by atoms with van der Waals surface area (Å²) in [4.78, 5) is 17.4. The summed E-state index contributed by atoms with van der Waals surface area (Å²) in [7, 11) is 1.62. The minimum atomic E-state index is -0.344. The summed E-state index contributed by atoms with van der Waals surface area (Å²) < 4.78 is 6.53. The average Bonchev–Trinajstić information content (AvgIpc) is 3.37. The monoisotopic (exact) mass is 416 g/mol. The Morgan fingerprint density at radius 1 is 1.20 bits per heavy atom. The molecule has 0 atom stereocenters. The Bertz CT molecular complexity index is 1320. The molecule has 2 heterocycles. The highest BCUT2D eigenvalue weighted by Gasteiger charge is 2.15. The molecule has 2 aromatic heterocycles. The molecule has 0 amide bonds. The van der Waals surface area contributed by atoms with Gasteiger partial charge in [0.15, 0.2) is 5.69 Å². The van der Waals surface area contributed by atoms with Crippen molar-refractivity contribution >= 4 is 22.7 Å². The fourth-order valence-electron chi connectivity index (χ4n) is 2.80. The number of nitriles is 1. The molecule has 148 valence electrons. The highest BCUT2D eigenvalue weighted by atomic mass is 32.1. The van der Waals surface area contributed by atoms with Crippen molar-refractivity contribution in [1.29, 1.82) is 5.26 Å². The number of H-pyrrole nitrogens is 1. The zero-order valence-corrected chi connectivity index (χ0v) is 17.0. The molecule has 0 aliphatic carbocycles. The fourth-order valence-corrected chi connectivity index (χ4v) is 3.59. The fraction of sp³-hybridized carbons (Fsp3) is 0.0952. The lowest BCUT2D eigenvalue weighted by Gasteiger charge is -2.00. The second-order valence-electron chi connectivity index (χ2n) is 6.33. The third kappa shape index (κ3) is 3.76. The number of aryl methyl sites for hydroxylation is 1. The van der Waals surface area contributed by atoms with Gasteiger partial charge in [-0.15, -0.1) is 16.5 Å². The zero-order valence-electron chi connectivity index (χ0n) is 16.2. The van der Waals surface area contributed by atoms with Gasteiger partial charge < -0.3 is 4.74 Å². The number of ether oxygens (including phenoxy) is 1. The van der Waals surface area contributed by atoms with Gasteiger partial charge >= 0.3 is 5.56 Å². The number of hydrogen-bond donors (Lipinski definition) is 1. The van der Waals surface area contributed by atoms with Crippen LogP contribution in [-0.2, 0) is 0 Å². The summed E-state index contributed by atoms with van der Waals surface area (Å²) in [5.41, 5.74) is 3.07. The number of rotatable bonds is 5. The molecule has 4 rings (SSSR count). The molecular formula is C21H16N6O2S. The van der Waals surface area contributed by atoms with Gasteiger partial charge in [0.2, 0.25) is 5.13 Å². The van der Waals surface area contributed by atoms with Gasteiger partial charge in [-0.05, 0) is 49.4 Å². The SMILES string of the molecule is COc1ccc(-c2csc(-n3[nH]c(C)c(N=Nc4cccc(C#N)c4)c3=O)n2)cc1. The predicted octanol–water partition coefficient (Wildman–Crippen LogP) is 4.89. The minimum Gasteiger partial charge on any atom is -0.497 e. The summed E-state index contributed by atoms with van der Waals surface area (Å²) in [5.74, 6) is 0.765. The van der Waals surface area contributed by atoms with Crippen molar-refractivity contribution in [3.05, 3.63) is 75.5 Å². The lowest BCUT2D eigenvalue weighted by molar-refractivity contribution is 0.415. The summed E-state index contributed by atoms with van der Waals surface area (Å²) in [6.07, 6.45) is 0. The lowest BCUT2D eigenvalue weighted by atomic mass is 10.2. The Balaban J connectivity index is 1.64. The van der Waals surface area contributed by atoms with Gasteiger partial charge in [0.1, 0.15) is 5.75 Å². The van der Waals surface area contributed by atoms with Crippen molar-refractivity contribution in [2.45, 2.75) is 6.92 Å². The van der Waals surface area contributed by atoms with Crippen molar-refractivity contribution in [3.63, 3.8) is 0 Å². The van der Waals surface area contributed by atoms with Crippen LogP contribution >= 0.6 is 11.3 Å². The van der Waals surface area contributed by atoms with Gasteiger partial charge in [-0.1, -0.05) is 6.07 Å². The molecule has 30 heavy (non-hydrogen) atoms. The molecule has 4 aromatic rings. The Morgan fingerprint density at radius 2 is 2.00 bits per heavy atom. The first-order valence-electron chi connectivity index (χ1n) is 8.93. The largest absolute Gasteiger partial charge is 0.497 e. The molecule has 0 fully saturated rings. The molecule has 9 heteroatoms. The number of hydrogen-bond acceptors (Lipinski definition) is 7. The van der Waals surface area contributed by atoms with Crippen LogP contribution in [0.1, 0.15) is 11.3 Å². The highest BCUT2D eigenvalue weighted by Crippen LogP contribution is 2.26. The number of aromatic nitrogens is 3. The highest BCUT2D eigenvalue weighted by molar-refractivity contribution is 7.12. The molecule has 0 saturated heterocycles. The van der Waals surface area contributed by atoms with Crippen molar-refractivity contribution in [2.24, 2.45) is 10.2 Å². The van der Waals surface area contributed by atoms with Gasteiger partial charge in [0, 0.05) is 10.9 Å². The molecule has 0 aliphatic heterocycles. The van der Waals surface area contributed by atoms with Crippen molar-refractivity contribution in [3.8, 4) is 28.2 Å². The van der Waals surface area contributed by atoms with E-state index in [0.717, 1.165) is 17.0 Å². The minimum absolute atomic E-state index is 0.193. The number of aromatic amines is 1. The number of azo groups is 1. The lowest BCUT2D eigenvalue weighted by Crippen LogP contribution is -2.13. The van der Waals surface area contributed by atoms with Gasteiger partial charge in [0.05, 0.1) is 35.8 Å². The van der Waals surface area contributed by atoms with Crippen molar-refractivity contribution < 1.29 is 4.74 Å². The number of methoxy groups -OCH3 is 1. The molecular weight excluding hydrogens is 400 g/mol. The van der Waals surface area contributed by atoms with E-state index in [0.29, 0.717) is 22.1 Å². The van der Waals surface area contributed by atoms with Crippen LogP contribution in [0.5, 0.6) is 5.75 Å². The van der Waals surface area contributed by atoms with Gasteiger partial charge in [-0.25, -0.2) is 4.98 Å². The van der Waals surface area contributed by atoms with Crippen LogP contribution in [0, 0.1) is 18.3 Å². The summed E-state index contributed by atoms with van der Waals surface area (Å²) in [6.45, 7) is 1.75. The standard InChI is InChI=1S/C21H16N6O2S/c1-13-19(25-24-16-5-3-4-14(10-16)11-22)20(28)27(26-13)21-23-18(12-30-21)15-6-8-17(29-2)9-7-15/h3-10,12,26H,1-2H3. The van der Waals surface area contributed by atoms with Crippen LogP contribution in [0.15, 0.2) is 68.9 Å². The third-order valence-corrected chi connectivity index (χ3v) is 5.18.